The van der Waals surface area contributed by atoms with Crippen molar-refractivity contribution in [1.82, 2.24) is 19.6 Å². The van der Waals surface area contributed by atoms with Gasteiger partial charge in [-0.1, -0.05) is 30.3 Å². The van der Waals surface area contributed by atoms with E-state index >= 15 is 0 Å². The maximum absolute atomic E-state index is 12.6. The van der Waals surface area contributed by atoms with Crippen molar-refractivity contribution in [3.63, 3.8) is 0 Å². The minimum absolute atomic E-state index is 0.222. The average molecular weight is 556 g/mol. The summed E-state index contributed by atoms with van der Waals surface area (Å²) in [5.41, 5.74) is 4.29. The van der Waals surface area contributed by atoms with Gasteiger partial charge in [0, 0.05) is 42.8 Å². The number of nitrogens with one attached hydrogen (secondary N) is 1. The number of carbonyl (C=O) groups is 1. The highest BCUT2D eigenvalue weighted by Crippen LogP contribution is 2.33. The molecule has 2 aliphatic heterocycles. The first-order chi connectivity index (χ1) is 20.1. The number of likely N-dealkylation sites (tertiary alicyclic amines) is 2. The van der Waals surface area contributed by atoms with Gasteiger partial charge in [0.2, 0.25) is 0 Å². The van der Waals surface area contributed by atoms with Crippen LogP contribution in [-0.4, -0.2) is 64.9 Å². The summed E-state index contributed by atoms with van der Waals surface area (Å²) in [7, 11) is 0. The maximum atomic E-state index is 12.6. The third-order valence-corrected chi connectivity index (χ3v) is 8.49. The molecule has 4 aromatic rings. The van der Waals surface area contributed by atoms with E-state index in [0.29, 0.717) is 12.5 Å². The van der Waals surface area contributed by atoms with Crippen LogP contribution in [0.25, 0.3) is 22.2 Å². The first kappa shape index (κ1) is 27.4. The number of carbonyl (C=O) groups excluding carboxylic acids is 1. The van der Waals surface area contributed by atoms with Crippen molar-refractivity contribution in [3.05, 3.63) is 72.1 Å². The van der Waals surface area contributed by atoms with E-state index in [2.05, 4.69) is 27.0 Å². The minimum atomic E-state index is -0.222. The van der Waals surface area contributed by atoms with Crippen molar-refractivity contribution >= 4 is 22.7 Å². The molecule has 2 saturated heterocycles. The van der Waals surface area contributed by atoms with Gasteiger partial charge in [-0.15, -0.1) is 0 Å². The monoisotopic (exact) mass is 555 g/mol. The Bertz CT molecular complexity index is 1430. The van der Waals surface area contributed by atoms with E-state index in [9.17, 15) is 4.79 Å². The molecule has 0 atom stereocenters. The SMILES string of the molecule is Cc1ccc(-c2cc(NCC3CCN(C(=O)OCc4ccccc4)CC3)c3cnn(CCCN4CCCC4)c3c2)o1. The van der Waals surface area contributed by atoms with E-state index < -0.39 is 0 Å². The van der Waals surface area contributed by atoms with Crippen LogP contribution in [-0.2, 0) is 17.9 Å². The zero-order valence-electron chi connectivity index (χ0n) is 24.1. The average Bonchev–Trinajstić information content (AvgIpc) is 3.77. The van der Waals surface area contributed by atoms with Gasteiger partial charge in [-0.3, -0.25) is 4.68 Å². The van der Waals surface area contributed by atoms with Crippen molar-refractivity contribution in [2.24, 2.45) is 5.92 Å². The molecule has 2 aromatic heterocycles. The molecule has 216 valence electrons. The molecule has 2 aliphatic rings. The zero-order chi connectivity index (χ0) is 28.0. The van der Waals surface area contributed by atoms with Gasteiger partial charge in [0.15, 0.2) is 0 Å². The Kier molecular flexibility index (Phi) is 8.56. The normalized spacial score (nSPS) is 16.5. The number of fused-ring (bicyclic) bond motifs is 1. The van der Waals surface area contributed by atoms with Gasteiger partial charge in [-0.25, -0.2) is 4.79 Å². The number of hydrogen-bond acceptors (Lipinski definition) is 6. The molecular weight excluding hydrogens is 514 g/mol. The molecule has 0 spiro atoms. The predicted octanol–water partition coefficient (Wildman–Crippen LogP) is 6.55. The number of aromatic nitrogens is 2. The van der Waals surface area contributed by atoms with Crippen LogP contribution < -0.4 is 5.32 Å². The van der Waals surface area contributed by atoms with Gasteiger partial charge < -0.3 is 24.3 Å². The number of furan rings is 1. The number of ether oxygens (including phenoxy) is 1. The fraction of sp³-hybridized carbons (Fsp3) is 0.455. The molecule has 4 heterocycles. The smallest absolute Gasteiger partial charge is 0.410 e. The molecule has 0 saturated carbocycles. The van der Waals surface area contributed by atoms with E-state index in [1.54, 1.807) is 0 Å². The highest BCUT2D eigenvalue weighted by Gasteiger charge is 2.24. The topological polar surface area (TPSA) is 75.8 Å². The molecule has 6 rings (SSSR count). The Hall–Kier alpha value is -3.78. The molecular formula is C33H41N5O3. The summed E-state index contributed by atoms with van der Waals surface area (Å²) < 4.78 is 13.7. The molecule has 2 fully saturated rings. The van der Waals surface area contributed by atoms with Crippen molar-refractivity contribution in [2.75, 3.05) is 44.6 Å². The lowest BCUT2D eigenvalue weighted by atomic mass is 9.96. The summed E-state index contributed by atoms with van der Waals surface area (Å²) in [6.07, 6.45) is 7.41. The Morgan fingerprint density at radius 3 is 2.59 bits per heavy atom. The molecule has 0 aliphatic carbocycles. The van der Waals surface area contributed by atoms with Gasteiger partial charge in [-0.2, -0.15) is 5.10 Å². The van der Waals surface area contributed by atoms with Crippen LogP contribution in [0, 0.1) is 12.8 Å². The molecule has 2 aromatic carbocycles. The largest absolute Gasteiger partial charge is 0.461 e. The quantitative estimate of drug-likeness (QED) is 0.239. The van der Waals surface area contributed by atoms with Crippen LogP contribution in [0.2, 0.25) is 0 Å². The van der Waals surface area contributed by atoms with Crippen LogP contribution in [0.1, 0.15) is 43.4 Å². The molecule has 1 amide bonds. The maximum Gasteiger partial charge on any atom is 0.410 e. The number of amides is 1. The number of rotatable bonds is 10. The number of anilines is 1. The molecule has 0 radical (unpaired) electrons. The number of nitrogens with zero attached hydrogens (tertiary/aromatic N) is 4. The molecule has 8 heteroatoms. The van der Waals surface area contributed by atoms with E-state index in [1.807, 2.05) is 60.5 Å². The summed E-state index contributed by atoms with van der Waals surface area (Å²) in [4.78, 5) is 17.0. The van der Waals surface area contributed by atoms with Crippen LogP contribution >= 0.6 is 0 Å². The molecule has 41 heavy (non-hydrogen) atoms. The van der Waals surface area contributed by atoms with Crippen LogP contribution in [0.5, 0.6) is 0 Å². The highest BCUT2D eigenvalue weighted by molar-refractivity contribution is 5.95. The predicted molar refractivity (Wildman–Crippen MR) is 162 cm³/mol. The summed E-state index contributed by atoms with van der Waals surface area (Å²) in [6.45, 7) is 9.06. The van der Waals surface area contributed by atoms with Gasteiger partial charge in [-0.05, 0) is 94.4 Å². The summed E-state index contributed by atoms with van der Waals surface area (Å²) in [5.74, 6) is 2.26. The Morgan fingerprint density at radius 1 is 1.02 bits per heavy atom. The summed E-state index contributed by atoms with van der Waals surface area (Å²) >= 11 is 0. The van der Waals surface area contributed by atoms with Gasteiger partial charge >= 0.3 is 6.09 Å². The zero-order valence-corrected chi connectivity index (χ0v) is 24.1. The second-order valence-electron chi connectivity index (χ2n) is 11.5. The minimum Gasteiger partial charge on any atom is -0.461 e. The van der Waals surface area contributed by atoms with Gasteiger partial charge in [0.05, 0.1) is 11.7 Å². The first-order valence-electron chi connectivity index (χ1n) is 15.1. The Labute approximate surface area is 242 Å². The second kappa shape index (κ2) is 12.8. The van der Waals surface area contributed by atoms with Gasteiger partial charge in [0.25, 0.3) is 0 Å². The fourth-order valence-corrected chi connectivity index (χ4v) is 6.07. The van der Waals surface area contributed by atoms with Crippen molar-refractivity contribution in [1.29, 1.82) is 0 Å². The lowest BCUT2D eigenvalue weighted by Crippen LogP contribution is -2.40. The van der Waals surface area contributed by atoms with E-state index in [4.69, 9.17) is 14.3 Å². The summed E-state index contributed by atoms with van der Waals surface area (Å²) in [6, 6.07) is 18.3. The molecule has 0 unspecified atom stereocenters. The Balaban J connectivity index is 1.09. The van der Waals surface area contributed by atoms with Crippen molar-refractivity contribution < 1.29 is 13.9 Å². The van der Waals surface area contributed by atoms with Crippen LogP contribution in [0.3, 0.4) is 0 Å². The van der Waals surface area contributed by atoms with E-state index in [-0.39, 0.29) is 6.09 Å². The number of benzene rings is 2. The van der Waals surface area contributed by atoms with Gasteiger partial charge in [0.1, 0.15) is 18.1 Å². The lowest BCUT2D eigenvalue weighted by molar-refractivity contribution is 0.0832. The third-order valence-electron chi connectivity index (χ3n) is 8.49. The lowest BCUT2D eigenvalue weighted by Gasteiger charge is -2.31. The van der Waals surface area contributed by atoms with E-state index in [0.717, 1.165) is 91.2 Å². The van der Waals surface area contributed by atoms with E-state index in [1.165, 1.54) is 25.9 Å². The second-order valence-corrected chi connectivity index (χ2v) is 11.5. The van der Waals surface area contributed by atoms with Crippen molar-refractivity contribution in [2.45, 2.75) is 52.2 Å². The molecule has 8 nitrogen and oxygen atoms in total. The van der Waals surface area contributed by atoms with Crippen LogP contribution in [0.4, 0.5) is 10.5 Å². The standard InChI is InChI=1S/C33H41N5O3/c1-25-10-11-32(41-25)28-20-30(29-23-35-38(31(29)21-28)17-7-16-36-14-5-6-15-36)34-22-26-12-18-37(19-13-26)33(39)40-24-27-8-3-2-4-9-27/h2-4,8-11,20-21,23,26,34H,5-7,12-19,22,24H2,1H3. The number of aryl methyl sites for hydroxylation is 2. The first-order valence-corrected chi connectivity index (χ1v) is 15.1. The van der Waals surface area contributed by atoms with Crippen molar-refractivity contribution in [3.8, 4) is 11.3 Å². The number of hydrogen-bond donors (Lipinski definition) is 1. The third kappa shape index (κ3) is 6.76. The molecule has 1 N–H and O–H groups in total. The number of piperidine rings is 1. The highest BCUT2D eigenvalue weighted by atomic mass is 16.6. The molecule has 0 bridgehead atoms. The summed E-state index contributed by atoms with van der Waals surface area (Å²) in [5, 5.41) is 9.67. The Morgan fingerprint density at radius 2 is 1.83 bits per heavy atom. The fourth-order valence-electron chi connectivity index (χ4n) is 6.07. The van der Waals surface area contributed by atoms with Crippen LogP contribution in [0.15, 0.2) is 65.2 Å².